The van der Waals surface area contributed by atoms with Gasteiger partial charge in [0.25, 0.3) is 0 Å². The topological polar surface area (TPSA) is 29.5 Å². The van der Waals surface area contributed by atoms with E-state index in [1.165, 1.54) is 12.1 Å². The molecule has 1 N–H and O–H groups in total. The van der Waals surface area contributed by atoms with Crippen molar-refractivity contribution in [2.24, 2.45) is 0 Å². The van der Waals surface area contributed by atoms with Crippen molar-refractivity contribution < 1.29 is 14.2 Å². The summed E-state index contributed by atoms with van der Waals surface area (Å²) in [4.78, 5) is 0. The number of hydrogen-bond donors (Lipinski definition) is 1. The van der Waals surface area contributed by atoms with E-state index in [1.54, 1.807) is 12.1 Å². The molecule has 1 aromatic carbocycles. The Kier molecular flexibility index (Phi) is 3.69. The zero-order valence-electron chi connectivity index (χ0n) is 9.33. The summed E-state index contributed by atoms with van der Waals surface area (Å²) in [5.41, 5.74) is -0.660. The van der Waals surface area contributed by atoms with Crippen molar-refractivity contribution in [2.75, 3.05) is 0 Å². The lowest BCUT2D eigenvalue weighted by Gasteiger charge is -2.30. The summed E-state index contributed by atoms with van der Waals surface area (Å²) >= 11 is 0. The van der Waals surface area contributed by atoms with Crippen LogP contribution >= 0.6 is 0 Å². The largest absolute Gasteiger partial charge is 0.485 e. The first kappa shape index (κ1) is 12.0. The molecular formula is C12H17FO2. The van der Waals surface area contributed by atoms with Crippen molar-refractivity contribution in [3.63, 3.8) is 0 Å². The third kappa shape index (κ3) is 3.20. The lowest BCUT2D eigenvalue weighted by atomic mass is 9.99. The number of rotatable bonds is 4. The van der Waals surface area contributed by atoms with Crippen molar-refractivity contribution >= 4 is 0 Å². The van der Waals surface area contributed by atoms with E-state index in [9.17, 15) is 9.50 Å². The highest BCUT2D eigenvalue weighted by atomic mass is 19.1. The Bertz CT molecular complexity index is 306. The molecule has 3 heteroatoms. The zero-order valence-corrected chi connectivity index (χ0v) is 9.33. The summed E-state index contributed by atoms with van der Waals surface area (Å²) in [6.07, 6.45) is 0.0799. The van der Waals surface area contributed by atoms with Crippen LogP contribution in [0.4, 0.5) is 4.39 Å². The molecule has 0 bridgehead atoms. The second-order valence-electron chi connectivity index (χ2n) is 4.08. The molecule has 84 valence electrons. The highest BCUT2D eigenvalue weighted by Crippen LogP contribution is 2.22. The minimum atomic E-state index is -0.660. The van der Waals surface area contributed by atoms with Gasteiger partial charge in [-0.25, -0.2) is 4.39 Å². The Hall–Kier alpha value is -1.09. The second-order valence-corrected chi connectivity index (χ2v) is 4.08. The maximum atomic E-state index is 12.6. The molecule has 0 heterocycles. The van der Waals surface area contributed by atoms with Crippen LogP contribution in [0.1, 0.15) is 27.2 Å². The van der Waals surface area contributed by atoms with Gasteiger partial charge in [-0.2, -0.15) is 0 Å². The monoisotopic (exact) mass is 212 g/mol. The molecule has 0 radical (unpaired) electrons. The number of halogens is 1. The predicted molar refractivity (Wildman–Crippen MR) is 57.4 cm³/mol. The summed E-state index contributed by atoms with van der Waals surface area (Å²) in [6, 6.07) is 5.78. The van der Waals surface area contributed by atoms with Crippen molar-refractivity contribution in [1.82, 2.24) is 0 Å². The molecule has 1 atom stereocenters. The fourth-order valence-corrected chi connectivity index (χ4v) is 1.37. The molecule has 0 fully saturated rings. The van der Waals surface area contributed by atoms with Gasteiger partial charge in [0, 0.05) is 0 Å². The first-order valence-electron chi connectivity index (χ1n) is 5.08. The van der Waals surface area contributed by atoms with E-state index >= 15 is 0 Å². The van der Waals surface area contributed by atoms with Crippen LogP contribution in [0.15, 0.2) is 24.3 Å². The number of benzene rings is 1. The minimum absolute atomic E-state index is 0.295. The number of aliphatic hydroxyl groups excluding tert-OH is 1. The van der Waals surface area contributed by atoms with E-state index in [-0.39, 0.29) is 5.82 Å². The Morgan fingerprint density at radius 1 is 1.33 bits per heavy atom. The summed E-state index contributed by atoms with van der Waals surface area (Å²) in [6.45, 7) is 5.51. The molecule has 2 nitrogen and oxygen atoms in total. The fourth-order valence-electron chi connectivity index (χ4n) is 1.37. The molecule has 0 amide bonds. The van der Waals surface area contributed by atoms with E-state index < -0.39 is 11.7 Å². The molecule has 0 aliphatic rings. The van der Waals surface area contributed by atoms with Gasteiger partial charge in [0.1, 0.15) is 17.2 Å². The Morgan fingerprint density at radius 3 is 2.33 bits per heavy atom. The van der Waals surface area contributed by atoms with Gasteiger partial charge < -0.3 is 9.84 Å². The lowest BCUT2D eigenvalue weighted by Crippen LogP contribution is -2.41. The van der Waals surface area contributed by atoms with Crippen LogP contribution in [0.3, 0.4) is 0 Å². The van der Waals surface area contributed by atoms with Crippen molar-refractivity contribution in [3.05, 3.63) is 30.1 Å². The Balaban J connectivity index is 2.72. The molecule has 0 spiro atoms. The Morgan fingerprint density at radius 2 is 1.87 bits per heavy atom. The zero-order chi connectivity index (χ0) is 11.5. The molecule has 0 aliphatic carbocycles. The van der Waals surface area contributed by atoms with Gasteiger partial charge in [0.15, 0.2) is 0 Å². The van der Waals surface area contributed by atoms with E-state index in [2.05, 4.69) is 0 Å². The molecule has 15 heavy (non-hydrogen) atoms. The number of ether oxygens (including phenoxy) is 1. The van der Waals surface area contributed by atoms with Crippen LogP contribution < -0.4 is 4.74 Å². The maximum absolute atomic E-state index is 12.6. The molecule has 0 aliphatic heterocycles. The van der Waals surface area contributed by atoms with Gasteiger partial charge in [-0.1, -0.05) is 6.92 Å². The van der Waals surface area contributed by atoms with E-state index in [1.807, 2.05) is 20.8 Å². The Labute approximate surface area is 89.7 Å². The molecule has 0 aromatic heterocycles. The third-order valence-corrected chi connectivity index (χ3v) is 2.38. The molecular weight excluding hydrogens is 195 g/mol. The first-order valence-corrected chi connectivity index (χ1v) is 5.08. The van der Waals surface area contributed by atoms with Gasteiger partial charge in [-0.3, -0.25) is 0 Å². The van der Waals surface area contributed by atoms with E-state index in [0.717, 1.165) is 0 Å². The SMILES string of the molecule is CCC(O)C(C)(C)Oc1ccc(F)cc1. The predicted octanol–water partition coefficient (Wildman–Crippen LogP) is 2.75. The molecule has 0 saturated carbocycles. The average Bonchev–Trinajstić information content (AvgIpc) is 2.20. The molecule has 1 rings (SSSR count). The van der Waals surface area contributed by atoms with Gasteiger partial charge in [0.05, 0.1) is 6.10 Å². The standard InChI is InChI=1S/C12H17FO2/c1-4-11(14)12(2,3)15-10-7-5-9(13)6-8-10/h5-8,11,14H,4H2,1-3H3. The van der Waals surface area contributed by atoms with Crippen LogP contribution in [0, 0.1) is 5.82 Å². The van der Waals surface area contributed by atoms with Gasteiger partial charge in [-0.05, 0) is 44.5 Å². The highest BCUT2D eigenvalue weighted by Gasteiger charge is 2.28. The molecule has 0 saturated heterocycles. The first-order chi connectivity index (χ1) is 6.95. The summed E-state index contributed by atoms with van der Waals surface area (Å²) in [5, 5.41) is 9.70. The number of aliphatic hydroxyl groups is 1. The maximum Gasteiger partial charge on any atom is 0.129 e. The molecule has 1 aromatic rings. The van der Waals surface area contributed by atoms with Crippen molar-refractivity contribution in [1.29, 1.82) is 0 Å². The normalized spacial score (nSPS) is 13.7. The van der Waals surface area contributed by atoms with Gasteiger partial charge in [0.2, 0.25) is 0 Å². The minimum Gasteiger partial charge on any atom is -0.485 e. The second kappa shape index (κ2) is 4.62. The van der Waals surface area contributed by atoms with Crippen LogP contribution in [0.2, 0.25) is 0 Å². The van der Waals surface area contributed by atoms with Crippen LogP contribution in [-0.2, 0) is 0 Å². The third-order valence-electron chi connectivity index (χ3n) is 2.38. The fraction of sp³-hybridized carbons (Fsp3) is 0.500. The number of hydrogen-bond acceptors (Lipinski definition) is 2. The van der Waals surface area contributed by atoms with Crippen LogP contribution in [-0.4, -0.2) is 16.8 Å². The van der Waals surface area contributed by atoms with Crippen molar-refractivity contribution in [3.8, 4) is 5.75 Å². The summed E-state index contributed by atoms with van der Waals surface area (Å²) in [5.74, 6) is 0.269. The molecule has 1 unspecified atom stereocenters. The summed E-state index contributed by atoms with van der Waals surface area (Å²) in [7, 11) is 0. The van der Waals surface area contributed by atoms with Gasteiger partial charge in [-0.15, -0.1) is 0 Å². The van der Waals surface area contributed by atoms with E-state index in [0.29, 0.717) is 12.2 Å². The van der Waals surface area contributed by atoms with Crippen LogP contribution in [0.5, 0.6) is 5.75 Å². The van der Waals surface area contributed by atoms with Crippen LogP contribution in [0.25, 0.3) is 0 Å². The highest BCUT2D eigenvalue weighted by molar-refractivity contribution is 5.23. The van der Waals surface area contributed by atoms with Gasteiger partial charge >= 0.3 is 0 Å². The van der Waals surface area contributed by atoms with E-state index in [4.69, 9.17) is 4.74 Å². The quantitative estimate of drug-likeness (QED) is 0.831. The smallest absolute Gasteiger partial charge is 0.129 e. The summed E-state index contributed by atoms with van der Waals surface area (Å²) < 4.78 is 18.2. The lowest BCUT2D eigenvalue weighted by molar-refractivity contribution is -0.0298. The average molecular weight is 212 g/mol. The van der Waals surface area contributed by atoms with Crippen molar-refractivity contribution in [2.45, 2.75) is 38.9 Å².